The van der Waals surface area contributed by atoms with Crippen LogP contribution in [-0.4, -0.2) is 34.3 Å². The number of amides is 2. The number of primary amides is 1. The third-order valence-electron chi connectivity index (χ3n) is 6.27. The molecule has 2 amide bonds. The summed E-state index contributed by atoms with van der Waals surface area (Å²) < 4.78 is 26.5. The lowest BCUT2D eigenvalue weighted by atomic mass is 9.90. The summed E-state index contributed by atoms with van der Waals surface area (Å²) in [6, 6.07) is 9.56. The van der Waals surface area contributed by atoms with Gasteiger partial charge in [-0.25, -0.2) is 4.39 Å². The quantitative estimate of drug-likeness (QED) is 0.474. The molecule has 10 heteroatoms. The van der Waals surface area contributed by atoms with Crippen LogP contribution in [0.5, 0.6) is 5.75 Å². The lowest BCUT2D eigenvalue weighted by Gasteiger charge is -2.14. The molecule has 1 saturated carbocycles. The van der Waals surface area contributed by atoms with E-state index in [1.54, 1.807) is 31.2 Å². The summed E-state index contributed by atoms with van der Waals surface area (Å²) in [5.41, 5.74) is 5.88. The van der Waals surface area contributed by atoms with Crippen molar-refractivity contribution in [2.45, 2.75) is 38.2 Å². The first-order chi connectivity index (χ1) is 16.8. The molecule has 2 heterocycles. The molecule has 0 unspecified atom stereocenters. The molecule has 3 N–H and O–H groups in total. The van der Waals surface area contributed by atoms with Crippen LogP contribution in [0.25, 0.3) is 11.4 Å². The predicted octanol–water partition coefficient (Wildman–Crippen LogP) is 3.31. The first-order valence-corrected chi connectivity index (χ1v) is 11.4. The van der Waals surface area contributed by atoms with Crippen molar-refractivity contribution >= 4 is 17.6 Å². The second-order valence-corrected chi connectivity index (χ2v) is 8.76. The minimum absolute atomic E-state index is 0.00754. The molecule has 2 fully saturated rings. The molecule has 0 bridgehead atoms. The number of Topliss-reactive ketones (excluding diaryl/α,β-unsaturated/α-hetero) is 1. The molecule has 2 aliphatic rings. The summed E-state index contributed by atoms with van der Waals surface area (Å²) in [6.45, 7) is 2.10. The van der Waals surface area contributed by atoms with Crippen LogP contribution < -0.4 is 15.8 Å². The molecule has 5 rings (SSSR count). The Bertz CT molecular complexity index is 1320. The number of carbonyl (C=O) groups excluding carboxylic acids is 3. The van der Waals surface area contributed by atoms with Gasteiger partial charge in [-0.2, -0.15) is 4.98 Å². The van der Waals surface area contributed by atoms with E-state index in [0.29, 0.717) is 24.3 Å². The van der Waals surface area contributed by atoms with Gasteiger partial charge in [-0.15, -0.1) is 0 Å². The minimum Gasteiger partial charge on any atom is -0.481 e. The maximum absolute atomic E-state index is 15.3. The molecule has 35 heavy (non-hydrogen) atoms. The highest BCUT2D eigenvalue weighted by Crippen LogP contribution is 2.36. The first-order valence-electron chi connectivity index (χ1n) is 11.4. The fraction of sp³-hybridized carbons (Fsp3) is 0.320. The fourth-order valence-electron chi connectivity index (χ4n) is 4.23. The van der Waals surface area contributed by atoms with E-state index in [-0.39, 0.29) is 46.0 Å². The van der Waals surface area contributed by atoms with Crippen molar-refractivity contribution in [1.29, 1.82) is 0 Å². The number of carbonyl (C=O) groups is 3. The molecule has 9 nitrogen and oxygen atoms in total. The number of nitrogens with two attached hydrogens (primary N) is 1. The normalized spacial score (nSPS) is 18.2. The van der Waals surface area contributed by atoms with Gasteiger partial charge in [0.1, 0.15) is 11.6 Å². The molecule has 0 radical (unpaired) electrons. The summed E-state index contributed by atoms with van der Waals surface area (Å²) in [5.74, 6) is -1.96. The van der Waals surface area contributed by atoms with E-state index in [0.717, 1.165) is 12.8 Å². The summed E-state index contributed by atoms with van der Waals surface area (Å²) in [6.07, 6.45) is 1.59. The van der Waals surface area contributed by atoms with Crippen molar-refractivity contribution in [2.24, 2.45) is 11.7 Å². The van der Waals surface area contributed by atoms with E-state index in [2.05, 4.69) is 15.5 Å². The van der Waals surface area contributed by atoms with Crippen LogP contribution in [0.2, 0.25) is 0 Å². The summed E-state index contributed by atoms with van der Waals surface area (Å²) >= 11 is 0. The zero-order chi connectivity index (χ0) is 24.7. The molecule has 1 aromatic heterocycles. The van der Waals surface area contributed by atoms with Crippen LogP contribution in [0.15, 0.2) is 40.9 Å². The lowest BCUT2D eigenvalue weighted by molar-refractivity contribution is -0.120. The molecule has 2 aromatic carbocycles. The molecule has 180 valence electrons. The predicted molar refractivity (Wildman–Crippen MR) is 121 cm³/mol. The number of ketones is 1. The van der Waals surface area contributed by atoms with Crippen molar-refractivity contribution in [3.05, 3.63) is 64.8 Å². The van der Waals surface area contributed by atoms with Crippen molar-refractivity contribution in [3.8, 4) is 17.1 Å². The number of hydrogen-bond donors (Lipinski definition) is 2. The van der Waals surface area contributed by atoms with Crippen LogP contribution in [0.4, 0.5) is 4.39 Å². The fourth-order valence-corrected chi connectivity index (χ4v) is 4.23. The molecular weight excluding hydrogens is 455 g/mol. The maximum atomic E-state index is 15.3. The lowest BCUT2D eigenvalue weighted by Crippen LogP contribution is -2.21. The molecule has 3 aromatic rings. The van der Waals surface area contributed by atoms with Gasteiger partial charge in [0, 0.05) is 29.2 Å². The Morgan fingerprint density at radius 1 is 1.17 bits per heavy atom. The van der Waals surface area contributed by atoms with Crippen LogP contribution in [0.1, 0.15) is 70.4 Å². The third kappa shape index (κ3) is 4.39. The molecule has 2 atom stereocenters. The Morgan fingerprint density at radius 2 is 1.91 bits per heavy atom. The molecular formula is C25H23FN4O5. The molecule has 1 aliphatic heterocycles. The number of halogens is 1. The summed E-state index contributed by atoms with van der Waals surface area (Å²) in [4.78, 5) is 40.5. The van der Waals surface area contributed by atoms with Crippen LogP contribution >= 0.6 is 0 Å². The van der Waals surface area contributed by atoms with Gasteiger partial charge >= 0.3 is 0 Å². The Hall–Kier alpha value is -4.08. The van der Waals surface area contributed by atoms with E-state index >= 15 is 4.39 Å². The van der Waals surface area contributed by atoms with Crippen LogP contribution in [0.3, 0.4) is 0 Å². The zero-order valence-corrected chi connectivity index (χ0v) is 18.9. The van der Waals surface area contributed by atoms with Crippen LogP contribution in [0, 0.1) is 11.7 Å². The van der Waals surface area contributed by atoms with E-state index in [1.165, 1.54) is 12.1 Å². The first kappa shape index (κ1) is 22.7. The Kier molecular flexibility index (Phi) is 5.80. The largest absolute Gasteiger partial charge is 0.481 e. The number of benzene rings is 2. The van der Waals surface area contributed by atoms with Crippen LogP contribution in [-0.2, 0) is 4.79 Å². The van der Waals surface area contributed by atoms with E-state index in [4.69, 9.17) is 15.0 Å². The van der Waals surface area contributed by atoms with Gasteiger partial charge in [0.2, 0.25) is 11.7 Å². The second kappa shape index (κ2) is 8.94. The smallest absolute Gasteiger partial charge is 0.267 e. The number of nitrogens with zero attached hydrogens (tertiary/aromatic N) is 2. The number of hydrogen-bond acceptors (Lipinski definition) is 7. The summed E-state index contributed by atoms with van der Waals surface area (Å²) in [7, 11) is 0. The number of aromatic nitrogens is 2. The summed E-state index contributed by atoms with van der Waals surface area (Å²) in [5, 5.41) is 6.63. The second-order valence-electron chi connectivity index (χ2n) is 8.76. The Balaban J connectivity index is 1.39. The van der Waals surface area contributed by atoms with Gasteiger partial charge < -0.3 is 20.3 Å². The Morgan fingerprint density at radius 3 is 2.54 bits per heavy atom. The molecule has 1 saturated heterocycles. The number of ether oxygens (including phenoxy) is 1. The standard InChI is InChI=1S/C25H23FN4O5/c1-12(34-15-6-4-14(5-7-15)21(31)13-2-3-13)25-29-23(30-35-25)16-8-9-18(22(27)32)20(26)19(16)17-10-11-28-24(17)33/h4-9,12-13,17H,2-3,10-11H2,1H3,(H2,27,32)(H,28,33)/t12-,17-/m1/s1. The average molecular weight is 478 g/mol. The highest BCUT2D eigenvalue weighted by molar-refractivity contribution is 5.99. The number of nitrogens with one attached hydrogen (secondary N) is 1. The minimum atomic E-state index is -0.936. The van der Waals surface area contributed by atoms with Gasteiger partial charge in [-0.05, 0) is 62.6 Å². The topological polar surface area (TPSA) is 137 Å². The molecule has 1 aliphatic carbocycles. The third-order valence-corrected chi connectivity index (χ3v) is 6.27. The highest BCUT2D eigenvalue weighted by Gasteiger charge is 2.34. The Labute approximate surface area is 199 Å². The maximum Gasteiger partial charge on any atom is 0.267 e. The van der Waals surface area contributed by atoms with Crippen molar-refractivity contribution in [3.63, 3.8) is 0 Å². The van der Waals surface area contributed by atoms with Crippen molar-refractivity contribution in [2.75, 3.05) is 6.54 Å². The average Bonchev–Trinajstić information content (AvgIpc) is 3.42. The van der Waals surface area contributed by atoms with Crippen molar-refractivity contribution in [1.82, 2.24) is 15.5 Å². The van der Waals surface area contributed by atoms with E-state index in [1.807, 2.05) is 0 Å². The van der Waals surface area contributed by atoms with Crippen molar-refractivity contribution < 1.29 is 28.0 Å². The molecule has 0 spiro atoms. The van der Waals surface area contributed by atoms with Gasteiger partial charge in [0.25, 0.3) is 11.8 Å². The van der Waals surface area contributed by atoms with Gasteiger partial charge in [-0.1, -0.05) is 5.16 Å². The number of rotatable bonds is 8. The van der Waals surface area contributed by atoms with Gasteiger partial charge in [-0.3, -0.25) is 14.4 Å². The van der Waals surface area contributed by atoms with Gasteiger partial charge in [0.05, 0.1) is 11.5 Å². The van der Waals surface area contributed by atoms with E-state index < -0.39 is 23.7 Å². The highest BCUT2D eigenvalue weighted by atomic mass is 19.1. The van der Waals surface area contributed by atoms with Gasteiger partial charge in [0.15, 0.2) is 11.9 Å². The van der Waals surface area contributed by atoms with E-state index in [9.17, 15) is 14.4 Å². The SMILES string of the molecule is C[C@@H](Oc1ccc(C(=O)C2CC2)cc1)c1nc(-c2ccc(C(N)=O)c(F)c2[C@H]2CCNC2=O)no1. The monoisotopic (exact) mass is 478 g/mol. The zero-order valence-electron chi connectivity index (χ0n) is 18.9.